The summed E-state index contributed by atoms with van der Waals surface area (Å²) in [6.07, 6.45) is 6.84. The van der Waals surface area contributed by atoms with Crippen molar-refractivity contribution in [1.82, 2.24) is 10.2 Å². The minimum Gasteiger partial charge on any atom is -0.315 e. The molecule has 0 radical (unpaired) electrons. The van der Waals surface area contributed by atoms with Gasteiger partial charge in [0.2, 0.25) is 0 Å². The summed E-state index contributed by atoms with van der Waals surface area (Å²) in [4.78, 5) is 2.85. The first-order valence-electron chi connectivity index (χ1n) is 8.00. The molecule has 0 amide bonds. The monoisotopic (exact) mass is 252 g/mol. The van der Waals surface area contributed by atoms with Gasteiger partial charge in [-0.1, -0.05) is 27.7 Å². The van der Waals surface area contributed by atoms with E-state index in [4.69, 9.17) is 0 Å². The molecule has 2 fully saturated rings. The van der Waals surface area contributed by atoms with Crippen LogP contribution in [0.5, 0.6) is 0 Å². The van der Waals surface area contributed by atoms with Crippen molar-refractivity contribution in [3.05, 3.63) is 0 Å². The fourth-order valence-corrected chi connectivity index (χ4v) is 4.30. The maximum Gasteiger partial charge on any atom is 0.0224 e. The Balaban J connectivity index is 2.04. The van der Waals surface area contributed by atoms with Crippen molar-refractivity contribution in [2.24, 2.45) is 11.3 Å². The van der Waals surface area contributed by atoms with Gasteiger partial charge in [0.1, 0.15) is 0 Å². The van der Waals surface area contributed by atoms with E-state index in [1.807, 2.05) is 0 Å². The molecule has 2 rings (SSSR count). The van der Waals surface area contributed by atoms with Gasteiger partial charge in [-0.2, -0.15) is 0 Å². The first-order chi connectivity index (χ1) is 8.53. The summed E-state index contributed by atoms with van der Waals surface area (Å²) in [7, 11) is 0. The van der Waals surface area contributed by atoms with E-state index in [-0.39, 0.29) is 0 Å². The molecule has 3 atom stereocenters. The molecule has 1 aliphatic carbocycles. The molecule has 1 saturated heterocycles. The number of piperidine rings is 1. The van der Waals surface area contributed by atoms with Crippen LogP contribution in [0.1, 0.15) is 59.8 Å². The standard InChI is InChI=1S/C16H32N2/c1-5-9-18(14-7-6-8-17-12-14)15-11-16(3,4)10-13(15)2/h13-15,17H,5-12H2,1-4H3. The summed E-state index contributed by atoms with van der Waals surface area (Å²) >= 11 is 0. The molecule has 2 nitrogen and oxygen atoms in total. The Hall–Kier alpha value is -0.0800. The maximum atomic E-state index is 3.59. The quantitative estimate of drug-likeness (QED) is 0.826. The highest BCUT2D eigenvalue weighted by Crippen LogP contribution is 2.44. The third-order valence-electron chi connectivity index (χ3n) is 4.94. The van der Waals surface area contributed by atoms with Crippen molar-refractivity contribution in [1.29, 1.82) is 0 Å². The van der Waals surface area contributed by atoms with Gasteiger partial charge in [-0.15, -0.1) is 0 Å². The molecule has 3 unspecified atom stereocenters. The Bertz CT molecular complexity index is 256. The van der Waals surface area contributed by atoms with Gasteiger partial charge in [0.15, 0.2) is 0 Å². The third kappa shape index (κ3) is 3.27. The molecule has 2 heteroatoms. The molecule has 106 valence electrons. The normalized spacial score (nSPS) is 36.2. The van der Waals surface area contributed by atoms with Gasteiger partial charge in [0.25, 0.3) is 0 Å². The Morgan fingerprint density at radius 2 is 2.06 bits per heavy atom. The topological polar surface area (TPSA) is 15.3 Å². The van der Waals surface area contributed by atoms with Gasteiger partial charge < -0.3 is 5.32 Å². The summed E-state index contributed by atoms with van der Waals surface area (Å²) in [5.41, 5.74) is 0.554. The van der Waals surface area contributed by atoms with Gasteiger partial charge in [0, 0.05) is 18.6 Å². The molecule has 18 heavy (non-hydrogen) atoms. The Kier molecular flexibility index (Phi) is 4.71. The Morgan fingerprint density at radius 1 is 1.28 bits per heavy atom. The van der Waals surface area contributed by atoms with Crippen molar-refractivity contribution >= 4 is 0 Å². The molecule has 1 aliphatic heterocycles. The molecule has 2 aliphatic rings. The number of hydrogen-bond acceptors (Lipinski definition) is 2. The largest absolute Gasteiger partial charge is 0.315 e. The van der Waals surface area contributed by atoms with Crippen LogP contribution >= 0.6 is 0 Å². The van der Waals surface area contributed by atoms with Crippen LogP contribution in [0.15, 0.2) is 0 Å². The lowest BCUT2D eigenvalue weighted by molar-refractivity contribution is 0.0896. The van der Waals surface area contributed by atoms with Crippen LogP contribution in [0.3, 0.4) is 0 Å². The van der Waals surface area contributed by atoms with E-state index in [2.05, 4.69) is 37.9 Å². The average molecular weight is 252 g/mol. The number of hydrogen-bond donors (Lipinski definition) is 1. The first kappa shape index (κ1) is 14.3. The molecule has 0 spiro atoms. The van der Waals surface area contributed by atoms with E-state index in [0.717, 1.165) is 18.0 Å². The molecular formula is C16H32N2. The second-order valence-electron chi connectivity index (χ2n) is 7.36. The van der Waals surface area contributed by atoms with Gasteiger partial charge in [-0.3, -0.25) is 4.90 Å². The molecule has 0 aromatic rings. The van der Waals surface area contributed by atoms with Crippen LogP contribution in [0.4, 0.5) is 0 Å². The minimum absolute atomic E-state index is 0.554. The molecule has 0 aromatic heterocycles. The summed E-state index contributed by atoms with van der Waals surface area (Å²) < 4.78 is 0. The average Bonchev–Trinajstić information content (AvgIpc) is 2.61. The molecule has 1 N–H and O–H groups in total. The zero-order valence-corrected chi connectivity index (χ0v) is 12.8. The highest BCUT2D eigenvalue weighted by atomic mass is 15.2. The fourth-order valence-electron chi connectivity index (χ4n) is 4.30. The number of rotatable bonds is 4. The Labute approximate surface area is 114 Å². The van der Waals surface area contributed by atoms with Gasteiger partial charge >= 0.3 is 0 Å². The molecule has 0 aromatic carbocycles. The van der Waals surface area contributed by atoms with Crippen molar-refractivity contribution in [3.63, 3.8) is 0 Å². The summed E-state index contributed by atoms with van der Waals surface area (Å²) in [5, 5.41) is 3.59. The van der Waals surface area contributed by atoms with E-state index in [9.17, 15) is 0 Å². The number of nitrogens with one attached hydrogen (secondary N) is 1. The predicted octanol–water partition coefficient (Wildman–Crippen LogP) is 3.28. The zero-order valence-electron chi connectivity index (χ0n) is 12.8. The minimum atomic E-state index is 0.554. The second kappa shape index (κ2) is 5.92. The summed E-state index contributed by atoms with van der Waals surface area (Å²) in [5.74, 6) is 0.869. The highest BCUT2D eigenvalue weighted by molar-refractivity contribution is 4.95. The summed E-state index contributed by atoms with van der Waals surface area (Å²) in [6, 6.07) is 1.62. The van der Waals surface area contributed by atoms with Crippen molar-refractivity contribution in [3.8, 4) is 0 Å². The molecular weight excluding hydrogens is 220 g/mol. The zero-order chi connectivity index (χ0) is 13.2. The van der Waals surface area contributed by atoms with Gasteiger partial charge in [-0.25, -0.2) is 0 Å². The van der Waals surface area contributed by atoms with Crippen LogP contribution in [0, 0.1) is 11.3 Å². The van der Waals surface area contributed by atoms with Crippen LogP contribution in [-0.4, -0.2) is 36.6 Å². The van der Waals surface area contributed by atoms with Crippen molar-refractivity contribution in [2.45, 2.75) is 71.9 Å². The van der Waals surface area contributed by atoms with Crippen LogP contribution in [0.25, 0.3) is 0 Å². The molecule has 0 bridgehead atoms. The van der Waals surface area contributed by atoms with Crippen molar-refractivity contribution in [2.75, 3.05) is 19.6 Å². The van der Waals surface area contributed by atoms with E-state index in [0.29, 0.717) is 5.41 Å². The van der Waals surface area contributed by atoms with E-state index >= 15 is 0 Å². The lowest BCUT2D eigenvalue weighted by atomic mass is 9.91. The fraction of sp³-hybridized carbons (Fsp3) is 1.00. The summed E-state index contributed by atoms with van der Waals surface area (Å²) in [6.45, 7) is 13.4. The SMILES string of the molecule is CCCN(C1CCCNC1)C1CC(C)(C)CC1C. The van der Waals surface area contributed by atoms with Crippen molar-refractivity contribution < 1.29 is 0 Å². The lowest BCUT2D eigenvalue weighted by Crippen LogP contribution is -2.51. The second-order valence-corrected chi connectivity index (χ2v) is 7.36. The van der Waals surface area contributed by atoms with E-state index < -0.39 is 0 Å². The smallest absolute Gasteiger partial charge is 0.0224 e. The van der Waals surface area contributed by atoms with Crippen LogP contribution < -0.4 is 5.32 Å². The maximum absolute atomic E-state index is 3.59. The Morgan fingerprint density at radius 3 is 2.56 bits per heavy atom. The van der Waals surface area contributed by atoms with E-state index in [1.54, 1.807) is 0 Å². The third-order valence-corrected chi connectivity index (χ3v) is 4.94. The first-order valence-corrected chi connectivity index (χ1v) is 8.00. The number of nitrogens with zero attached hydrogens (tertiary/aromatic N) is 1. The predicted molar refractivity (Wildman–Crippen MR) is 78.9 cm³/mol. The van der Waals surface area contributed by atoms with E-state index in [1.165, 1.54) is 51.7 Å². The van der Waals surface area contributed by atoms with Crippen LogP contribution in [0.2, 0.25) is 0 Å². The molecule has 1 saturated carbocycles. The lowest BCUT2D eigenvalue weighted by Gasteiger charge is -2.40. The van der Waals surface area contributed by atoms with Gasteiger partial charge in [0.05, 0.1) is 0 Å². The highest BCUT2D eigenvalue weighted by Gasteiger charge is 2.41. The molecule has 1 heterocycles. The van der Waals surface area contributed by atoms with Crippen LogP contribution in [-0.2, 0) is 0 Å². The van der Waals surface area contributed by atoms with Gasteiger partial charge in [-0.05, 0) is 56.5 Å².